The third kappa shape index (κ3) is 6.25. The van der Waals surface area contributed by atoms with Crippen LogP contribution in [-0.4, -0.2) is 21.4 Å². The Balaban J connectivity index is 1.68. The van der Waals surface area contributed by atoms with Crippen LogP contribution in [0.1, 0.15) is 49.2 Å². The molecule has 7 heteroatoms. The standard InChI is InChI=1S/C24H27FN4O2/c1-24(2,3)22(17-7-9-19(25)10-8-17)28-23(31)18-5-4-6-20(15-18)27-21(30)11-13-29-14-12-26-16-29/h4-10,12,14-16,22H,11,13H2,1-3H3,(H,27,30)(H,28,31). The highest BCUT2D eigenvalue weighted by Crippen LogP contribution is 2.33. The summed E-state index contributed by atoms with van der Waals surface area (Å²) in [7, 11) is 0. The summed E-state index contributed by atoms with van der Waals surface area (Å²) in [5, 5.41) is 5.88. The smallest absolute Gasteiger partial charge is 0.251 e. The molecule has 2 N–H and O–H groups in total. The predicted octanol–water partition coefficient (Wildman–Crippen LogP) is 4.57. The van der Waals surface area contributed by atoms with Crippen LogP contribution < -0.4 is 10.6 Å². The number of benzene rings is 2. The lowest BCUT2D eigenvalue weighted by molar-refractivity contribution is -0.116. The van der Waals surface area contributed by atoms with Gasteiger partial charge in [-0.1, -0.05) is 39.0 Å². The van der Waals surface area contributed by atoms with E-state index < -0.39 is 0 Å². The van der Waals surface area contributed by atoms with Gasteiger partial charge in [0, 0.05) is 36.6 Å². The van der Waals surface area contributed by atoms with Crippen molar-refractivity contribution in [1.29, 1.82) is 0 Å². The van der Waals surface area contributed by atoms with E-state index in [0.717, 1.165) is 5.56 Å². The van der Waals surface area contributed by atoms with Gasteiger partial charge in [-0.15, -0.1) is 0 Å². The minimum absolute atomic E-state index is 0.148. The maximum absolute atomic E-state index is 13.3. The summed E-state index contributed by atoms with van der Waals surface area (Å²) < 4.78 is 15.2. The molecule has 0 saturated carbocycles. The highest BCUT2D eigenvalue weighted by atomic mass is 19.1. The van der Waals surface area contributed by atoms with Gasteiger partial charge in [-0.05, 0) is 41.3 Å². The number of nitrogens with zero attached hydrogens (tertiary/aromatic N) is 2. The Labute approximate surface area is 181 Å². The zero-order chi connectivity index (χ0) is 22.4. The summed E-state index contributed by atoms with van der Waals surface area (Å²) in [6.07, 6.45) is 5.41. The number of rotatable bonds is 7. The second-order valence-corrected chi connectivity index (χ2v) is 8.50. The van der Waals surface area contributed by atoms with E-state index in [9.17, 15) is 14.0 Å². The van der Waals surface area contributed by atoms with E-state index in [2.05, 4.69) is 15.6 Å². The van der Waals surface area contributed by atoms with Gasteiger partial charge in [0.05, 0.1) is 12.4 Å². The second-order valence-electron chi connectivity index (χ2n) is 8.50. The summed E-state index contributed by atoms with van der Waals surface area (Å²) in [6, 6.07) is 12.6. The summed E-state index contributed by atoms with van der Waals surface area (Å²) in [5.41, 5.74) is 1.53. The Morgan fingerprint density at radius 1 is 1.13 bits per heavy atom. The van der Waals surface area contributed by atoms with Gasteiger partial charge in [0.1, 0.15) is 5.82 Å². The lowest BCUT2D eigenvalue weighted by Gasteiger charge is -2.32. The predicted molar refractivity (Wildman–Crippen MR) is 118 cm³/mol. The molecule has 6 nitrogen and oxygen atoms in total. The number of hydrogen-bond acceptors (Lipinski definition) is 3. The SMILES string of the molecule is CC(C)(C)C(NC(=O)c1cccc(NC(=O)CCn2ccnc2)c1)c1ccc(F)cc1. The number of halogens is 1. The molecule has 0 bridgehead atoms. The van der Waals surface area contributed by atoms with Crippen molar-refractivity contribution in [2.75, 3.05) is 5.32 Å². The number of aryl methyl sites for hydroxylation is 1. The van der Waals surface area contributed by atoms with Gasteiger partial charge < -0.3 is 15.2 Å². The average Bonchev–Trinajstić information content (AvgIpc) is 3.24. The Kier molecular flexibility index (Phi) is 6.84. The van der Waals surface area contributed by atoms with Crippen LogP contribution in [0.2, 0.25) is 0 Å². The first kappa shape index (κ1) is 22.2. The van der Waals surface area contributed by atoms with Crippen LogP contribution in [-0.2, 0) is 11.3 Å². The van der Waals surface area contributed by atoms with Crippen molar-refractivity contribution >= 4 is 17.5 Å². The largest absolute Gasteiger partial charge is 0.345 e. The molecule has 2 amide bonds. The Morgan fingerprint density at radius 2 is 1.87 bits per heavy atom. The monoisotopic (exact) mass is 422 g/mol. The number of nitrogens with one attached hydrogen (secondary N) is 2. The van der Waals surface area contributed by atoms with Crippen LogP contribution in [0.25, 0.3) is 0 Å². The molecule has 31 heavy (non-hydrogen) atoms. The molecule has 3 rings (SSSR count). The molecule has 3 aromatic rings. The van der Waals surface area contributed by atoms with E-state index in [0.29, 0.717) is 24.2 Å². The molecule has 2 aromatic carbocycles. The van der Waals surface area contributed by atoms with E-state index in [1.807, 2.05) is 25.3 Å². The van der Waals surface area contributed by atoms with Crippen LogP contribution >= 0.6 is 0 Å². The first-order valence-electron chi connectivity index (χ1n) is 10.1. The molecular weight excluding hydrogens is 395 g/mol. The molecule has 0 aliphatic heterocycles. The van der Waals surface area contributed by atoms with Crippen molar-refractivity contribution in [3.63, 3.8) is 0 Å². The van der Waals surface area contributed by atoms with Gasteiger partial charge in [-0.2, -0.15) is 0 Å². The van der Waals surface area contributed by atoms with Crippen LogP contribution in [0.5, 0.6) is 0 Å². The highest BCUT2D eigenvalue weighted by Gasteiger charge is 2.28. The molecular formula is C24H27FN4O2. The first-order valence-corrected chi connectivity index (χ1v) is 10.1. The van der Waals surface area contributed by atoms with E-state index in [1.165, 1.54) is 12.1 Å². The second kappa shape index (κ2) is 9.55. The normalized spacial score (nSPS) is 12.3. The topological polar surface area (TPSA) is 76.0 Å². The molecule has 0 fully saturated rings. The lowest BCUT2D eigenvalue weighted by atomic mass is 9.82. The average molecular weight is 423 g/mol. The lowest BCUT2D eigenvalue weighted by Crippen LogP contribution is -2.36. The summed E-state index contributed by atoms with van der Waals surface area (Å²) in [5.74, 6) is -0.733. The van der Waals surface area contributed by atoms with Crippen molar-refractivity contribution in [3.8, 4) is 0 Å². The van der Waals surface area contributed by atoms with Crippen LogP contribution in [0.3, 0.4) is 0 Å². The number of hydrogen-bond donors (Lipinski definition) is 2. The number of carbonyl (C=O) groups is 2. The molecule has 1 heterocycles. The number of carbonyl (C=O) groups excluding carboxylic acids is 2. The van der Waals surface area contributed by atoms with Gasteiger partial charge in [-0.3, -0.25) is 9.59 Å². The molecule has 1 atom stereocenters. The zero-order valence-corrected chi connectivity index (χ0v) is 17.9. The summed E-state index contributed by atoms with van der Waals surface area (Å²) in [6.45, 7) is 6.56. The third-order valence-corrected chi connectivity index (χ3v) is 4.91. The third-order valence-electron chi connectivity index (χ3n) is 4.91. The Hall–Kier alpha value is -3.48. The fourth-order valence-electron chi connectivity index (χ4n) is 3.28. The van der Waals surface area contributed by atoms with E-state index in [4.69, 9.17) is 0 Å². The van der Waals surface area contributed by atoms with Crippen molar-refractivity contribution in [2.24, 2.45) is 5.41 Å². The Bertz CT molecular complexity index is 1020. The minimum Gasteiger partial charge on any atom is -0.345 e. The van der Waals surface area contributed by atoms with Crippen LogP contribution in [0.4, 0.5) is 10.1 Å². The fraction of sp³-hybridized carbons (Fsp3) is 0.292. The zero-order valence-electron chi connectivity index (χ0n) is 17.9. The first-order chi connectivity index (χ1) is 14.7. The number of amides is 2. The van der Waals surface area contributed by atoms with Crippen LogP contribution in [0, 0.1) is 11.2 Å². The van der Waals surface area contributed by atoms with Gasteiger partial charge in [-0.25, -0.2) is 9.37 Å². The summed E-state index contributed by atoms with van der Waals surface area (Å²) >= 11 is 0. The molecule has 0 aliphatic rings. The van der Waals surface area contributed by atoms with Crippen molar-refractivity contribution in [1.82, 2.24) is 14.9 Å². The van der Waals surface area contributed by atoms with Crippen LogP contribution in [0.15, 0.2) is 67.3 Å². The van der Waals surface area contributed by atoms with E-state index in [-0.39, 0.29) is 29.1 Å². The van der Waals surface area contributed by atoms with E-state index >= 15 is 0 Å². The van der Waals surface area contributed by atoms with E-state index in [1.54, 1.807) is 55.1 Å². The quantitative estimate of drug-likeness (QED) is 0.586. The molecule has 1 unspecified atom stereocenters. The van der Waals surface area contributed by atoms with Crippen molar-refractivity contribution in [2.45, 2.75) is 39.8 Å². The number of aromatic nitrogens is 2. The molecule has 0 aliphatic carbocycles. The highest BCUT2D eigenvalue weighted by molar-refractivity contribution is 5.97. The molecule has 0 radical (unpaired) electrons. The molecule has 1 aromatic heterocycles. The Morgan fingerprint density at radius 3 is 2.52 bits per heavy atom. The van der Waals surface area contributed by atoms with Crippen molar-refractivity contribution in [3.05, 3.63) is 84.2 Å². The van der Waals surface area contributed by atoms with Gasteiger partial charge in [0.25, 0.3) is 5.91 Å². The minimum atomic E-state index is -0.320. The number of anilines is 1. The maximum atomic E-state index is 13.3. The van der Waals surface area contributed by atoms with Gasteiger partial charge >= 0.3 is 0 Å². The van der Waals surface area contributed by atoms with Gasteiger partial charge in [0.2, 0.25) is 5.91 Å². The summed E-state index contributed by atoms with van der Waals surface area (Å²) in [4.78, 5) is 29.1. The maximum Gasteiger partial charge on any atom is 0.251 e. The molecule has 162 valence electrons. The fourth-order valence-corrected chi connectivity index (χ4v) is 3.28. The number of imidazole rings is 1. The molecule has 0 saturated heterocycles. The molecule has 0 spiro atoms. The van der Waals surface area contributed by atoms with Gasteiger partial charge in [0.15, 0.2) is 0 Å². The van der Waals surface area contributed by atoms with Crippen molar-refractivity contribution < 1.29 is 14.0 Å².